The molecule has 0 aliphatic heterocycles. The zero-order chi connectivity index (χ0) is 13.6. The minimum absolute atomic E-state index is 0.0469. The van der Waals surface area contributed by atoms with E-state index >= 15 is 0 Å². The summed E-state index contributed by atoms with van der Waals surface area (Å²) in [6.45, 7) is 0.0936. The van der Waals surface area contributed by atoms with Gasteiger partial charge in [-0.1, -0.05) is 5.21 Å². The number of alkyl halides is 3. The Morgan fingerprint density at radius 2 is 2.22 bits per heavy atom. The van der Waals surface area contributed by atoms with E-state index in [0.717, 1.165) is 0 Å². The molecule has 102 valence electrons. The molecule has 0 saturated carbocycles. The van der Waals surface area contributed by atoms with Crippen LogP contribution in [0, 0.1) is 0 Å². The first kappa shape index (κ1) is 14.4. The van der Waals surface area contributed by atoms with Gasteiger partial charge in [0, 0.05) is 25.7 Å². The number of rotatable bonds is 6. The Morgan fingerprint density at radius 3 is 2.78 bits per heavy atom. The highest BCUT2D eigenvalue weighted by Crippen LogP contribution is 2.18. The lowest BCUT2D eigenvalue weighted by Crippen LogP contribution is -2.28. The molecule has 1 heterocycles. The van der Waals surface area contributed by atoms with Gasteiger partial charge in [0.25, 0.3) is 0 Å². The minimum atomic E-state index is -4.25. The molecule has 9 heteroatoms. The summed E-state index contributed by atoms with van der Waals surface area (Å²) in [6, 6.07) is 0. The molecule has 0 atom stereocenters. The molecule has 1 rings (SSSR count). The van der Waals surface area contributed by atoms with Crippen LogP contribution < -0.4 is 11.1 Å². The predicted molar refractivity (Wildman–Crippen MR) is 56.2 cm³/mol. The topological polar surface area (TPSA) is 85.8 Å². The first-order valence-corrected chi connectivity index (χ1v) is 5.33. The Hall–Kier alpha value is -1.64. The summed E-state index contributed by atoms with van der Waals surface area (Å²) in [5.41, 5.74) is 5.91. The molecule has 6 nitrogen and oxygen atoms in total. The maximum absolute atomic E-state index is 11.8. The molecule has 0 aliphatic carbocycles. The molecule has 0 aromatic carbocycles. The van der Waals surface area contributed by atoms with Crippen molar-refractivity contribution in [2.75, 3.05) is 6.54 Å². The molecule has 1 aromatic rings. The van der Waals surface area contributed by atoms with Crippen LogP contribution in [0.25, 0.3) is 0 Å². The minimum Gasteiger partial charge on any atom is -0.356 e. The van der Waals surface area contributed by atoms with E-state index in [0.29, 0.717) is 5.69 Å². The van der Waals surface area contributed by atoms with Gasteiger partial charge in [-0.15, -0.1) is 5.10 Å². The van der Waals surface area contributed by atoms with E-state index in [1.807, 2.05) is 0 Å². The number of carbonyl (C=O) groups is 1. The number of hydrogen-bond acceptors (Lipinski definition) is 4. The van der Waals surface area contributed by atoms with Crippen LogP contribution in [0.2, 0.25) is 0 Å². The molecule has 0 bridgehead atoms. The average Bonchev–Trinajstić information content (AvgIpc) is 2.72. The molecule has 0 unspecified atom stereocenters. The summed E-state index contributed by atoms with van der Waals surface area (Å²) in [5, 5.41) is 9.60. The fraction of sp³-hybridized carbons (Fsp3) is 0.667. The SMILES string of the molecule is NCc1cn(CCC(=O)NCCC(F)(F)F)nn1. The summed E-state index contributed by atoms with van der Waals surface area (Å²) in [4.78, 5) is 11.2. The molecule has 1 amide bonds. The van der Waals surface area contributed by atoms with Crippen LogP contribution in [-0.2, 0) is 17.9 Å². The summed E-state index contributed by atoms with van der Waals surface area (Å²) in [7, 11) is 0. The van der Waals surface area contributed by atoms with E-state index < -0.39 is 25.0 Å². The molecule has 0 radical (unpaired) electrons. The smallest absolute Gasteiger partial charge is 0.356 e. The van der Waals surface area contributed by atoms with Gasteiger partial charge < -0.3 is 11.1 Å². The summed E-state index contributed by atoms with van der Waals surface area (Å²) >= 11 is 0. The standard InChI is InChI=1S/C9H14F3N5O/c10-9(11,12)2-3-14-8(18)1-4-17-6-7(5-13)15-16-17/h6H,1-5,13H2,(H,14,18). The number of nitrogens with two attached hydrogens (primary N) is 1. The van der Waals surface area contributed by atoms with Crippen LogP contribution in [0.5, 0.6) is 0 Å². The normalized spacial score (nSPS) is 11.6. The van der Waals surface area contributed by atoms with Gasteiger partial charge in [-0.05, 0) is 0 Å². The summed E-state index contributed by atoms with van der Waals surface area (Å²) in [5.74, 6) is -0.455. The Labute approximate surface area is 101 Å². The molecule has 1 aromatic heterocycles. The first-order valence-electron chi connectivity index (χ1n) is 5.33. The van der Waals surface area contributed by atoms with Crippen molar-refractivity contribution in [1.29, 1.82) is 0 Å². The zero-order valence-corrected chi connectivity index (χ0v) is 9.57. The lowest BCUT2D eigenvalue weighted by atomic mass is 10.3. The summed E-state index contributed by atoms with van der Waals surface area (Å²) < 4.78 is 36.9. The monoisotopic (exact) mass is 265 g/mol. The van der Waals surface area contributed by atoms with Gasteiger partial charge in [-0.25, -0.2) is 0 Å². The molecule has 0 aliphatic rings. The average molecular weight is 265 g/mol. The number of nitrogens with zero attached hydrogens (tertiary/aromatic N) is 3. The maximum Gasteiger partial charge on any atom is 0.390 e. The van der Waals surface area contributed by atoms with Gasteiger partial charge in [-0.2, -0.15) is 13.2 Å². The number of hydrogen-bond donors (Lipinski definition) is 2. The van der Waals surface area contributed by atoms with E-state index in [4.69, 9.17) is 5.73 Å². The van der Waals surface area contributed by atoms with E-state index in [1.54, 1.807) is 6.20 Å². The largest absolute Gasteiger partial charge is 0.390 e. The van der Waals surface area contributed by atoms with Crippen molar-refractivity contribution in [3.63, 3.8) is 0 Å². The van der Waals surface area contributed by atoms with E-state index in [1.165, 1.54) is 4.68 Å². The molecule has 18 heavy (non-hydrogen) atoms. The fourth-order valence-corrected chi connectivity index (χ4v) is 1.19. The lowest BCUT2D eigenvalue weighted by molar-refractivity contribution is -0.135. The number of nitrogens with one attached hydrogen (secondary N) is 1. The van der Waals surface area contributed by atoms with Gasteiger partial charge in [-0.3, -0.25) is 9.48 Å². The highest BCUT2D eigenvalue weighted by molar-refractivity contribution is 5.75. The number of aromatic nitrogens is 3. The van der Waals surface area contributed by atoms with Crippen LogP contribution in [0.1, 0.15) is 18.5 Å². The fourth-order valence-electron chi connectivity index (χ4n) is 1.19. The maximum atomic E-state index is 11.8. The van der Waals surface area contributed by atoms with Crippen LogP contribution in [0.15, 0.2) is 6.20 Å². The Morgan fingerprint density at radius 1 is 1.50 bits per heavy atom. The third-order valence-electron chi connectivity index (χ3n) is 2.09. The molecular formula is C9H14F3N5O. The lowest BCUT2D eigenvalue weighted by Gasteiger charge is -2.07. The van der Waals surface area contributed by atoms with Crippen LogP contribution in [0.3, 0.4) is 0 Å². The second-order valence-corrected chi connectivity index (χ2v) is 3.64. The molecule has 0 fully saturated rings. The van der Waals surface area contributed by atoms with Crippen molar-refractivity contribution >= 4 is 5.91 Å². The zero-order valence-electron chi connectivity index (χ0n) is 9.57. The number of aryl methyl sites for hydroxylation is 1. The van der Waals surface area contributed by atoms with Gasteiger partial charge in [0.05, 0.1) is 18.7 Å². The number of halogens is 3. The van der Waals surface area contributed by atoms with Crippen LogP contribution in [0.4, 0.5) is 13.2 Å². The quantitative estimate of drug-likeness (QED) is 0.769. The van der Waals surface area contributed by atoms with Crippen molar-refractivity contribution in [1.82, 2.24) is 20.3 Å². The van der Waals surface area contributed by atoms with Crippen molar-refractivity contribution in [3.8, 4) is 0 Å². The van der Waals surface area contributed by atoms with Gasteiger partial charge in [0.1, 0.15) is 0 Å². The third-order valence-corrected chi connectivity index (χ3v) is 2.09. The van der Waals surface area contributed by atoms with Crippen molar-refractivity contribution in [2.45, 2.75) is 32.1 Å². The Balaban J connectivity index is 2.21. The van der Waals surface area contributed by atoms with Crippen LogP contribution in [-0.4, -0.2) is 33.6 Å². The second-order valence-electron chi connectivity index (χ2n) is 3.64. The van der Waals surface area contributed by atoms with Gasteiger partial charge in [0.15, 0.2) is 0 Å². The van der Waals surface area contributed by atoms with Crippen molar-refractivity contribution < 1.29 is 18.0 Å². The Kier molecular flexibility index (Phi) is 5.08. The molecule has 0 spiro atoms. The van der Waals surface area contributed by atoms with Gasteiger partial charge >= 0.3 is 6.18 Å². The van der Waals surface area contributed by atoms with E-state index in [-0.39, 0.29) is 19.5 Å². The Bertz CT molecular complexity index is 390. The molecule has 3 N–H and O–H groups in total. The van der Waals surface area contributed by atoms with E-state index in [2.05, 4.69) is 15.6 Å². The highest BCUT2D eigenvalue weighted by Gasteiger charge is 2.26. The number of amides is 1. The first-order chi connectivity index (χ1) is 8.40. The van der Waals surface area contributed by atoms with Crippen molar-refractivity contribution in [2.24, 2.45) is 5.73 Å². The predicted octanol–water partition coefficient (Wildman–Crippen LogP) is 0.195. The van der Waals surface area contributed by atoms with Gasteiger partial charge in [0.2, 0.25) is 5.91 Å². The summed E-state index contributed by atoms with van der Waals surface area (Å²) in [6.07, 6.45) is -3.65. The third kappa shape index (κ3) is 5.62. The van der Waals surface area contributed by atoms with E-state index in [9.17, 15) is 18.0 Å². The second kappa shape index (κ2) is 6.34. The van der Waals surface area contributed by atoms with Crippen LogP contribution >= 0.6 is 0 Å². The van der Waals surface area contributed by atoms with Crippen molar-refractivity contribution in [3.05, 3.63) is 11.9 Å². The molecular weight excluding hydrogens is 251 g/mol. The number of carbonyl (C=O) groups excluding carboxylic acids is 1. The highest BCUT2D eigenvalue weighted by atomic mass is 19.4. The molecule has 0 saturated heterocycles.